The van der Waals surface area contributed by atoms with E-state index < -0.39 is 11.4 Å². The number of carbonyl (C=O) groups excluding carboxylic acids is 1. The van der Waals surface area contributed by atoms with E-state index >= 15 is 0 Å². The van der Waals surface area contributed by atoms with Gasteiger partial charge in [-0.25, -0.2) is 4.79 Å². The van der Waals surface area contributed by atoms with Gasteiger partial charge in [-0.1, -0.05) is 36.4 Å². The van der Waals surface area contributed by atoms with E-state index in [4.69, 9.17) is 9.15 Å². The number of carbonyl (C=O) groups is 1. The summed E-state index contributed by atoms with van der Waals surface area (Å²) in [6.45, 7) is 0. The maximum Gasteiger partial charge on any atom is 0.347 e. The van der Waals surface area contributed by atoms with Gasteiger partial charge in [-0.3, -0.25) is 4.79 Å². The minimum absolute atomic E-state index is 0.00912. The van der Waals surface area contributed by atoms with Crippen LogP contribution in [0.2, 0.25) is 0 Å². The second kappa shape index (κ2) is 6.32. The van der Waals surface area contributed by atoms with Crippen LogP contribution in [0.1, 0.15) is 15.9 Å². The van der Waals surface area contributed by atoms with Gasteiger partial charge in [0.1, 0.15) is 16.9 Å². The van der Waals surface area contributed by atoms with Gasteiger partial charge in [0.15, 0.2) is 5.78 Å². The molecule has 0 fully saturated rings. The summed E-state index contributed by atoms with van der Waals surface area (Å²) < 4.78 is 10.4. The van der Waals surface area contributed by atoms with E-state index in [-0.39, 0.29) is 5.56 Å². The van der Waals surface area contributed by atoms with Crippen LogP contribution in [0.5, 0.6) is 5.75 Å². The first-order chi connectivity index (χ1) is 11.2. The molecule has 0 saturated carbocycles. The molecule has 0 atom stereocenters. The number of ether oxygens (including phenoxy) is 1. The number of para-hydroxylation sites is 2. The van der Waals surface area contributed by atoms with Gasteiger partial charge >= 0.3 is 5.63 Å². The SMILES string of the molecule is COc1ccccc1C=CC(=O)c1cc2ccccc2oc1=O. The predicted molar refractivity (Wildman–Crippen MR) is 88.8 cm³/mol. The van der Waals surface area contributed by atoms with Crippen LogP contribution in [0, 0.1) is 0 Å². The number of benzene rings is 2. The Kier molecular flexibility index (Phi) is 4.06. The zero-order valence-corrected chi connectivity index (χ0v) is 12.5. The molecule has 4 nitrogen and oxygen atoms in total. The van der Waals surface area contributed by atoms with E-state index in [0.717, 1.165) is 5.56 Å². The summed E-state index contributed by atoms with van der Waals surface area (Å²) in [6.07, 6.45) is 2.97. The number of allylic oxidation sites excluding steroid dienone is 1. The normalized spacial score (nSPS) is 11.0. The predicted octanol–water partition coefficient (Wildman–Crippen LogP) is 3.70. The number of hydrogen-bond acceptors (Lipinski definition) is 4. The van der Waals surface area contributed by atoms with Crippen molar-refractivity contribution in [2.75, 3.05) is 7.11 Å². The van der Waals surface area contributed by atoms with Gasteiger partial charge in [-0.05, 0) is 30.4 Å². The van der Waals surface area contributed by atoms with Crippen LogP contribution in [0.15, 0.2) is 69.9 Å². The van der Waals surface area contributed by atoms with Crippen molar-refractivity contribution in [3.05, 3.63) is 82.2 Å². The molecule has 0 bridgehead atoms. The summed E-state index contributed by atoms with van der Waals surface area (Å²) >= 11 is 0. The summed E-state index contributed by atoms with van der Waals surface area (Å²) in [4.78, 5) is 24.3. The van der Waals surface area contributed by atoms with Crippen LogP contribution in [0.3, 0.4) is 0 Å². The average Bonchev–Trinajstić information content (AvgIpc) is 2.59. The van der Waals surface area contributed by atoms with Gasteiger partial charge in [0, 0.05) is 10.9 Å². The molecule has 0 N–H and O–H groups in total. The molecule has 2 aromatic carbocycles. The molecule has 114 valence electrons. The van der Waals surface area contributed by atoms with Crippen LogP contribution >= 0.6 is 0 Å². The number of ketones is 1. The lowest BCUT2D eigenvalue weighted by Gasteiger charge is -2.03. The third-order valence-electron chi connectivity index (χ3n) is 3.46. The maximum atomic E-state index is 12.3. The second-order valence-electron chi connectivity index (χ2n) is 4.92. The lowest BCUT2D eigenvalue weighted by Crippen LogP contribution is -2.11. The van der Waals surface area contributed by atoms with Crippen molar-refractivity contribution in [2.45, 2.75) is 0 Å². The molecule has 0 spiro atoms. The fourth-order valence-corrected chi connectivity index (χ4v) is 2.29. The van der Waals surface area contributed by atoms with Gasteiger partial charge in [0.05, 0.1) is 7.11 Å². The van der Waals surface area contributed by atoms with Gasteiger partial charge in [0.25, 0.3) is 0 Å². The quantitative estimate of drug-likeness (QED) is 0.419. The standard InChI is InChI=1S/C19H14O4/c1-22-17-8-4-2-6-13(17)10-11-16(20)15-12-14-7-3-5-9-18(14)23-19(15)21/h2-12H,1H3. The minimum Gasteiger partial charge on any atom is -0.496 e. The number of fused-ring (bicyclic) bond motifs is 1. The molecule has 0 aliphatic heterocycles. The summed E-state index contributed by atoms with van der Waals surface area (Å²) in [5.74, 6) is 0.248. The smallest absolute Gasteiger partial charge is 0.347 e. The van der Waals surface area contributed by atoms with Crippen LogP contribution in [0.25, 0.3) is 17.0 Å². The molecule has 1 heterocycles. The first-order valence-electron chi connectivity index (χ1n) is 7.07. The summed E-state index contributed by atoms with van der Waals surface area (Å²) in [5.41, 5.74) is 0.588. The molecule has 3 rings (SSSR count). The fourth-order valence-electron chi connectivity index (χ4n) is 2.29. The molecule has 0 unspecified atom stereocenters. The zero-order valence-electron chi connectivity index (χ0n) is 12.5. The monoisotopic (exact) mass is 306 g/mol. The molecular formula is C19H14O4. The molecule has 4 heteroatoms. The molecule has 0 amide bonds. The van der Waals surface area contributed by atoms with Gasteiger partial charge in [-0.2, -0.15) is 0 Å². The summed E-state index contributed by atoms with van der Waals surface area (Å²) in [6, 6.07) is 15.9. The molecular weight excluding hydrogens is 292 g/mol. The van der Waals surface area contributed by atoms with Crippen LogP contribution < -0.4 is 10.4 Å². The van der Waals surface area contributed by atoms with Crippen molar-refractivity contribution in [3.8, 4) is 5.75 Å². The van der Waals surface area contributed by atoms with Crippen molar-refractivity contribution in [3.63, 3.8) is 0 Å². The Morgan fingerprint density at radius 3 is 2.65 bits per heavy atom. The Balaban J connectivity index is 1.96. The average molecular weight is 306 g/mol. The molecule has 23 heavy (non-hydrogen) atoms. The van der Waals surface area contributed by atoms with Crippen LogP contribution in [-0.2, 0) is 0 Å². The lowest BCUT2D eigenvalue weighted by molar-refractivity contribution is 0.104. The Labute approximate surface area is 132 Å². The highest BCUT2D eigenvalue weighted by Crippen LogP contribution is 2.19. The van der Waals surface area contributed by atoms with Gasteiger partial charge in [-0.15, -0.1) is 0 Å². The maximum absolute atomic E-state index is 12.3. The topological polar surface area (TPSA) is 56.5 Å². The summed E-state index contributed by atoms with van der Waals surface area (Å²) in [5, 5.41) is 0.709. The summed E-state index contributed by atoms with van der Waals surface area (Å²) in [7, 11) is 1.56. The number of rotatable bonds is 4. The molecule has 3 aromatic rings. The van der Waals surface area contributed by atoms with Gasteiger partial charge in [0.2, 0.25) is 0 Å². The van der Waals surface area contributed by atoms with Crippen molar-refractivity contribution in [1.29, 1.82) is 0 Å². The highest BCUT2D eigenvalue weighted by atomic mass is 16.5. The molecule has 0 aliphatic rings. The highest BCUT2D eigenvalue weighted by molar-refractivity contribution is 6.07. The Morgan fingerprint density at radius 1 is 1.09 bits per heavy atom. The van der Waals surface area contributed by atoms with Crippen molar-refractivity contribution < 1.29 is 13.9 Å². The number of hydrogen-bond donors (Lipinski definition) is 0. The third-order valence-corrected chi connectivity index (χ3v) is 3.46. The molecule has 0 saturated heterocycles. The van der Waals surface area contributed by atoms with Crippen LogP contribution in [-0.4, -0.2) is 12.9 Å². The fraction of sp³-hybridized carbons (Fsp3) is 0.0526. The van der Waals surface area contributed by atoms with Crippen molar-refractivity contribution in [1.82, 2.24) is 0 Å². The van der Waals surface area contributed by atoms with E-state index in [1.54, 1.807) is 43.5 Å². The van der Waals surface area contributed by atoms with E-state index in [1.165, 1.54) is 6.08 Å². The highest BCUT2D eigenvalue weighted by Gasteiger charge is 2.11. The van der Waals surface area contributed by atoms with E-state index in [1.807, 2.05) is 24.3 Å². The van der Waals surface area contributed by atoms with E-state index in [2.05, 4.69) is 0 Å². The molecule has 0 aliphatic carbocycles. The first-order valence-corrected chi connectivity index (χ1v) is 7.07. The van der Waals surface area contributed by atoms with Gasteiger partial charge < -0.3 is 9.15 Å². The first kappa shape index (κ1) is 14.8. The minimum atomic E-state index is -0.640. The number of methoxy groups -OCH3 is 1. The Morgan fingerprint density at radius 2 is 1.83 bits per heavy atom. The van der Waals surface area contributed by atoms with E-state index in [0.29, 0.717) is 16.7 Å². The van der Waals surface area contributed by atoms with Crippen LogP contribution in [0.4, 0.5) is 0 Å². The second-order valence-corrected chi connectivity index (χ2v) is 4.92. The van der Waals surface area contributed by atoms with E-state index in [9.17, 15) is 9.59 Å². The van der Waals surface area contributed by atoms with Crippen molar-refractivity contribution in [2.24, 2.45) is 0 Å². The Hall–Kier alpha value is -3.14. The lowest BCUT2D eigenvalue weighted by atomic mass is 10.1. The van der Waals surface area contributed by atoms with Crippen molar-refractivity contribution >= 4 is 22.8 Å². The zero-order chi connectivity index (χ0) is 16.2. The molecule has 0 radical (unpaired) electrons. The third kappa shape index (κ3) is 3.06. The Bertz CT molecular complexity index is 951. The largest absolute Gasteiger partial charge is 0.496 e. The molecule has 1 aromatic heterocycles.